The highest BCUT2D eigenvalue weighted by Crippen LogP contribution is 2.29. The van der Waals surface area contributed by atoms with Gasteiger partial charge in [-0.2, -0.15) is 5.10 Å². The summed E-state index contributed by atoms with van der Waals surface area (Å²) >= 11 is 12.1. The molecule has 0 aliphatic rings. The lowest BCUT2D eigenvalue weighted by molar-refractivity contribution is 0.451. The Balaban J connectivity index is 1.69. The summed E-state index contributed by atoms with van der Waals surface area (Å²) < 4.78 is 3.14. The molecule has 0 aliphatic heterocycles. The van der Waals surface area contributed by atoms with Crippen molar-refractivity contribution >= 4 is 39.9 Å². The van der Waals surface area contributed by atoms with E-state index in [1.54, 1.807) is 29.1 Å². The van der Waals surface area contributed by atoms with Crippen LogP contribution in [0.2, 0.25) is 10.0 Å². The average molecular weight is 413 g/mol. The van der Waals surface area contributed by atoms with Crippen molar-refractivity contribution in [1.29, 1.82) is 0 Å². The number of rotatable bonds is 2. The van der Waals surface area contributed by atoms with E-state index in [-0.39, 0.29) is 11.5 Å². The number of fused-ring (bicyclic) bond motifs is 3. The zero-order valence-electron chi connectivity index (χ0n) is 14.0. The Bertz CT molecular complexity index is 1360. The van der Waals surface area contributed by atoms with Gasteiger partial charge in [0.2, 0.25) is 0 Å². The summed E-state index contributed by atoms with van der Waals surface area (Å²) in [6, 6.07) is 9.36. The monoisotopic (exact) mass is 412 g/mol. The van der Waals surface area contributed by atoms with Crippen molar-refractivity contribution in [2.75, 3.05) is 0 Å². The number of hydrogen-bond acceptors (Lipinski definition) is 6. The van der Waals surface area contributed by atoms with Gasteiger partial charge in [0.25, 0.3) is 0 Å². The number of benzene rings is 2. The number of aromatic hydroxyl groups is 2. The van der Waals surface area contributed by atoms with Gasteiger partial charge in [-0.3, -0.25) is 0 Å². The first-order valence-electron chi connectivity index (χ1n) is 8.07. The Morgan fingerprint density at radius 2 is 1.68 bits per heavy atom. The molecule has 0 atom stereocenters. The number of phenolic OH excluding ortho intramolecular Hbond substituents is 2. The largest absolute Gasteiger partial charge is 0.508 e. The van der Waals surface area contributed by atoms with Crippen LogP contribution in [-0.4, -0.2) is 39.6 Å². The van der Waals surface area contributed by atoms with Crippen LogP contribution in [0.5, 0.6) is 11.5 Å². The van der Waals surface area contributed by atoms with Crippen LogP contribution in [-0.2, 0) is 0 Å². The van der Waals surface area contributed by atoms with Gasteiger partial charge in [0.1, 0.15) is 17.8 Å². The summed E-state index contributed by atoms with van der Waals surface area (Å²) in [5.41, 5.74) is 2.29. The Labute approximate surface area is 167 Å². The van der Waals surface area contributed by atoms with E-state index >= 15 is 0 Å². The molecular formula is C18H10Cl2N6O2. The van der Waals surface area contributed by atoms with E-state index in [4.69, 9.17) is 23.2 Å². The minimum Gasteiger partial charge on any atom is -0.508 e. The van der Waals surface area contributed by atoms with E-state index in [9.17, 15) is 10.2 Å². The predicted octanol–water partition coefficient (Wildman–Crippen LogP) is 3.85. The molecule has 3 aromatic heterocycles. The Hall–Kier alpha value is -3.36. The SMILES string of the molecule is Oc1cc(O)cc(-c2nc3c4cnn(-c5ccc(Cl)c(Cl)c5)c4ncn3n2)c1. The van der Waals surface area contributed by atoms with E-state index in [0.717, 1.165) is 0 Å². The molecule has 0 spiro atoms. The Kier molecular flexibility index (Phi) is 3.65. The van der Waals surface area contributed by atoms with Crippen LogP contribution in [0.4, 0.5) is 0 Å². The smallest absolute Gasteiger partial charge is 0.182 e. The van der Waals surface area contributed by atoms with Crippen molar-refractivity contribution in [2.45, 2.75) is 0 Å². The fraction of sp³-hybridized carbons (Fsp3) is 0. The Morgan fingerprint density at radius 3 is 2.43 bits per heavy atom. The fourth-order valence-electron chi connectivity index (χ4n) is 2.97. The molecule has 0 saturated heterocycles. The normalized spacial score (nSPS) is 11.5. The highest BCUT2D eigenvalue weighted by Gasteiger charge is 2.15. The van der Waals surface area contributed by atoms with Crippen molar-refractivity contribution < 1.29 is 10.2 Å². The molecule has 0 bridgehead atoms. The highest BCUT2D eigenvalue weighted by molar-refractivity contribution is 6.42. The highest BCUT2D eigenvalue weighted by atomic mass is 35.5. The molecule has 0 saturated carbocycles. The first-order valence-corrected chi connectivity index (χ1v) is 8.83. The van der Waals surface area contributed by atoms with E-state index in [0.29, 0.717) is 43.8 Å². The molecule has 138 valence electrons. The van der Waals surface area contributed by atoms with Gasteiger partial charge in [0.15, 0.2) is 17.1 Å². The van der Waals surface area contributed by atoms with Crippen LogP contribution >= 0.6 is 23.2 Å². The van der Waals surface area contributed by atoms with Crippen LogP contribution < -0.4 is 0 Å². The van der Waals surface area contributed by atoms with E-state index in [2.05, 4.69) is 20.2 Å². The van der Waals surface area contributed by atoms with Gasteiger partial charge >= 0.3 is 0 Å². The summed E-state index contributed by atoms with van der Waals surface area (Å²) in [7, 11) is 0. The molecule has 2 aromatic carbocycles. The van der Waals surface area contributed by atoms with Crippen LogP contribution in [0.15, 0.2) is 48.9 Å². The first kappa shape index (κ1) is 16.8. The molecule has 0 unspecified atom stereocenters. The summed E-state index contributed by atoms with van der Waals surface area (Å²) in [4.78, 5) is 8.95. The molecule has 10 heteroatoms. The molecule has 0 fully saturated rings. The van der Waals surface area contributed by atoms with E-state index < -0.39 is 0 Å². The van der Waals surface area contributed by atoms with Crippen molar-refractivity contribution in [3.63, 3.8) is 0 Å². The van der Waals surface area contributed by atoms with Gasteiger partial charge in [-0.05, 0) is 30.3 Å². The quantitative estimate of drug-likeness (QED) is 0.456. The van der Waals surface area contributed by atoms with E-state index in [1.165, 1.54) is 29.0 Å². The van der Waals surface area contributed by atoms with Crippen LogP contribution in [0.1, 0.15) is 0 Å². The maximum atomic E-state index is 9.70. The molecule has 2 N–H and O–H groups in total. The second kappa shape index (κ2) is 6.08. The minimum atomic E-state index is -0.0791. The van der Waals surface area contributed by atoms with Gasteiger partial charge in [-0.15, -0.1) is 5.10 Å². The topological polar surface area (TPSA) is 101 Å². The third-order valence-electron chi connectivity index (χ3n) is 4.21. The summed E-state index contributed by atoms with van der Waals surface area (Å²) in [5.74, 6) is 0.178. The first-order chi connectivity index (χ1) is 13.5. The maximum absolute atomic E-state index is 9.70. The number of phenols is 2. The van der Waals surface area contributed by atoms with Crippen LogP contribution in [0.3, 0.4) is 0 Å². The predicted molar refractivity (Wildman–Crippen MR) is 104 cm³/mol. The summed E-state index contributed by atoms with van der Waals surface area (Å²) in [6.07, 6.45) is 3.16. The summed E-state index contributed by atoms with van der Waals surface area (Å²) in [5, 5.41) is 29.7. The van der Waals surface area contributed by atoms with Crippen LogP contribution in [0.25, 0.3) is 33.8 Å². The molecule has 3 heterocycles. The van der Waals surface area contributed by atoms with Gasteiger partial charge in [0.05, 0.1) is 27.3 Å². The second-order valence-electron chi connectivity index (χ2n) is 6.08. The zero-order valence-corrected chi connectivity index (χ0v) is 15.5. The average Bonchev–Trinajstić information content (AvgIpc) is 3.26. The zero-order chi connectivity index (χ0) is 19.4. The number of nitrogens with zero attached hydrogens (tertiary/aromatic N) is 6. The molecular weight excluding hydrogens is 403 g/mol. The molecule has 5 aromatic rings. The molecule has 0 radical (unpaired) electrons. The minimum absolute atomic E-state index is 0.0791. The molecule has 28 heavy (non-hydrogen) atoms. The third-order valence-corrected chi connectivity index (χ3v) is 4.95. The number of aromatic nitrogens is 6. The lowest BCUT2D eigenvalue weighted by Gasteiger charge is -2.04. The van der Waals surface area contributed by atoms with Gasteiger partial charge < -0.3 is 10.2 Å². The number of halogens is 2. The van der Waals surface area contributed by atoms with Gasteiger partial charge in [-0.25, -0.2) is 19.2 Å². The standard InChI is InChI=1S/C18H10Cl2N6O2/c19-14-2-1-10(5-15(14)20)26-17-13(7-22-26)18-23-16(24-25(18)8-21-17)9-3-11(27)6-12(28)4-9/h1-8,27-28H. The Morgan fingerprint density at radius 1 is 0.893 bits per heavy atom. The van der Waals surface area contributed by atoms with Crippen molar-refractivity contribution in [3.05, 3.63) is 59.0 Å². The summed E-state index contributed by atoms with van der Waals surface area (Å²) in [6.45, 7) is 0. The molecule has 0 aliphatic carbocycles. The van der Waals surface area contributed by atoms with Crippen LogP contribution in [0, 0.1) is 0 Å². The van der Waals surface area contributed by atoms with Crippen molar-refractivity contribution in [1.82, 2.24) is 29.4 Å². The lowest BCUT2D eigenvalue weighted by Crippen LogP contribution is -1.99. The van der Waals surface area contributed by atoms with Crippen molar-refractivity contribution in [2.24, 2.45) is 0 Å². The van der Waals surface area contributed by atoms with Gasteiger partial charge in [-0.1, -0.05) is 23.2 Å². The molecule has 0 amide bonds. The third kappa shape index (κ3) is 2.62. The molecule has 8 nitrogen and oxygen atoms in total. The lowest BCUT2D eigenvalue weighted by atomic mass is 10.2. The maximum Gasteiger partial charge on any atom is 0.182 e. The second-order valence-corrected chi connectivity index (χ2v) is 6.89. The van der Waals surface area contributed by atoms with Crippen molar-refractivity contribution in [3.8, 4) is 28.6 Å². The van der Waals surface area contributed by atoms with Gasteiger partial charge in [0, 0.05) is 11.6 Å². The fourth-order valence-corrected chi connectivity index (χ4v) is 3.27. The van der Waals surface area contributed by atoms with E-state index in [1.807, 2.05) is 0 Å². The molecule has 5 rings (SSSR count). The number of hydrogen-bond donors (Lipinski definition) is 2.